The maximum absolute atomic E-state index is 12.3. The summed E-state index contributed by atoms with van der Waals surface area (Å²) >= 11 is 0. The van der Waals surface area contributed by atoms with Crippen molar-refractivity contribution in [2.45, 2.75) is 26.2 Å². The van der Waals surface area contributed by atoms with Crippen molar-refractivity contribution >= 4 is 16.8 Å². The summed E-state index contributed by atoms with van der Waals surface area (Å²) in [7, 11) is 0. The first-order chi connectivity index (χ1) is 10.7. The van der Waals surface area contributed by atoms with Gasteiger partial charge in [0.2, 0.25) is 0 Å². The molecule has 3 rings (SSSR count). The molecule has 22 heavy (non-hydrogen) atoms. The molecular weight excluding hydrogens is 276 g/mol. The van der Waals surface area contributed by atoms with E-state index in [4.69, 9.17) is 0 Å². The lowest BCUT2D eigenvalue weighted by Gasteiger charge is -2.30. The van der Waals surface area contributed by atoms with Gasteiger partial charge < -0.3 is 10.2 Å². The van der Waals surface area contributed by atoms with Gasteiger partial charge in [0.25, 0.3) is 5.91 Å². The molecule has 0 unspecified atom stereocenters. The molecule has 1 aromatic carbocycles. The van der Waals surface area contributed by atoms with Crippen molar-refractivity contribution in [1.29, 1.82) is 0 Å². The number of amides is 1. The highest BCUT2D eigenvalue weighted by atomic mass is 16.1. The van der Waals surface area contributed by atoms with Gasteiger partial charge in [0, 0.05) is 11.9 Å². The fourth-order valence-corrected chi connectivity index (χ4v) is 3.04. The summed E-state index contributed by atoms with van der Waals surface area (Å²) in [6.07, 6.45) is 5.34. The monoisotopic (exact) mass is 300 g/mol. The van der Waals surface area contributed by atoms with Crippen LogP contribution in [-0.4, -0.2) is 47.2 Å². The van der Waals surface area contributed by atoms with Crippen molar-refractivity contribution in [3.63, 3.8) is 0 Å². The zero-order valence-electron chi connectivity index (χ0n) is 13.1. The lowest BCUT2D eigenvalue weighted by atomic mass is 9.99. The Labute approximate surface area is 131 Å². The van der Waals surface area contributed by atoms with Gasteiger partial charge in [-0.15, -0.1) is 0 Å². The number of carbonyl (C=O) groups excluding carboxylic acids is 1. The molecule has 1 amide bonds. The van der Waals surface area contributed by atoms with Gasteiger partial charge in [-0.05, 0) is 50.9 Å². The van der Waals surface area contributed by atoms with Gasteiger partial charge in [0.1, 0.15) is 0 Å². The number of H-pyrrole nitrogens is 1. The predicted octanol–water partition coefficient (Wildman–Crippen LogP) is 2.41. The minimum Gasteiger partial charge on any atom is -0.352 e. The van der Waals surface area contributed by atoms with E-state index < -0.39 is 0 Å². The highest BCUT2D eigenvalue weighted by Gasteiger charge is 2.15. The Morgan fingerprint density at radius 1 is 1.41 bits per heavy atom. The van der Waals surface area contributed by atoms with Crippen LogP contribution in [0.3, 0.4) is 0 Å². The summed E-state index contributed by atoms with van der Waals surface area (Å²) in [5, 5.41) is 10.9. The van der Waals surface area contributed by atoms with Gasteiger partial charge in [-0.25, -0.2) is 0 Å². The molecule has 1 aliphatic heterocycles. The molecule has 2 heterocycles. The van der Waals surface area contributed by atoms with Gasteiger partial charge in [0.05, 0.1) is 17.3 Å². The first-order valence-corrected chi connectivity index (χ1v) is 8.16. The molecule has 1 aliphatic rings. The molecule has 2 aromatic rings. The molecule has 1 fully saturated rings. The average molecular weight is 300 g/mol. The Morgan fingerprint density at radius 3 is 3.05 bits per heavy atom. The third kappa shape index (κ3) is 3.47. The van der Waals surface area contributed by atoms with E-state index >= 15 is 0 Å². The third-order valence-corrected chi connectivity index (χ3v) is 4.53. The number of rotatable bonds is 5. The van der Waals surface area contributed by atoms with Crippen molar-refractivity contribution in [3.8, 4) is 0 Å². The van der Waals surface area contributed by atoms with Gasteiger partial charge in [-0.2, -0.15) is 5.10 Å². The minimum atomic E-state index is -0.0258. The molecular formula is C17H24N4O. The van der Waals surface area contributed by atoms with E-state index in [1.54, 1.807) is 6.20 Å². The van der Waals surface area contributed by atoms with Crippen LogP contribution in [0.2, 0.25) is 0 Å². The molecule has 1 aromatic heterocycles. The molecule has 2 N–H and O–H groups in total. The summed E-state index contributed by atoms with van der Waals surface area (Å²) in [6.45, 7) is 6.51. The summed E-state index contributed by atoms with van der Waals surface area (Å²) in [6, 6.07) is 5.68. The van der Waals surface area contributed by atoms with Gasteiger partial charge in [0.15, 0.2) is 0 Å². The molecule has 0 radical (unpaired) electrons. The van der Waals surface area contributed by atoms with Crippen LogP contribution in [0.15, 0.2) is 24.4 Å². The topological polar surface area (TPSA) is 61.0 Å². The number of carbonyl (C=O) groups is 1. The number of piperidine rings is 1. The Balaban J connectivity index is 1.46. The zero-order valence-corrected chi connectivity index (χ0v) is 13.1. The number of benzene rings is 1. The number of hydrogen-bond acceptors (Lipinski definition) is 3. The second-order valence-corrected chi connectivity index (χ2v) is 6.27. The normalized spacial score (nSPS) is 17.0. The van der Waals surface area contributed by atoms with Crippen LogP contribution in [0.25, 0.3) is 10.9 Å². The second kappa shape index (κ2) is 6.92. The molecule has 5 heteroatoms. The SMILES string of the molecule is CC1CCN(CCCNC(=O)c2cccc3cn[nH]c23)CC1. The molecule has 0 atom stereocenters. The van der Waals surface area contributed by atoms with E-state index in [9.17, 15) is 4.79 Å². The quantitative estimate of drug-likeness (QED) is 0.834. The van der Waals surface area contributed by atoms with Gasteiger partial charge in [-0.1, -0.05) is 19.1 Å². The Morgan fingerprint density at radius 2 is 2.23 bits per heavy atom. The second-order valence-electron chi connectivity index (χ2n) is 6.27. The van der Waals surface area contributed by atoms with Crippen molar-refractivity contribution in [3.05, 3.63) is 30.0 Å². The molecule has 118 valence electrons. The fourth-order valence-electron chi connectivity index (χ4n) is 3.04. The van der Waals surface area contributed by atoms with Crippen LogP contribution >= 0.6 is 0 Å². The van der Waals surface area contributed by atoms with E-state index in [1.165, 1.54) is 25.9 Å². The fraction of sp³-hybridized carbons (Fsp3) is 0.529. The van der Waals surface area contributed by atoms with Crippen molar-refractivity contribution < 1.29 is 4.79 Å². The molecule has 5 nitrogen and oxygen atoms in total. The summed E-state index contributed by atoms with van der Waals surface area (Å²) in [5.41, 5.74) is 1.48. The summed E-state index contributed by atoms with van der Waals surface area (Å²) in [5.74, 6) is 0.841. The summed E-state index contributed by atoms with van der Waals surface area (Å²) in [4.78, 5) is 14.8. The van der Waals surface area contributed by atoms with Gasteiger partial charge in [-0.3, -0.25) is 9.89 Å². The lowest BCUT2D eigenvalue weighted by Crippen LogP contribution is -2.35. The van der Waals surface area contributed by atoms with E-state index in [0.717, 1.165) is 36.3 Å². The van der Waals surface area contributed by atoms with E-state index in [2.05, 4.69) is 27.3 Å². The van der Waals surface area contributed by atoms with Crippen molar-refractivity contribution in [1.82, 2.24) is 20.4 Å². The highest BCUT2D eigenvalue weighted by molar-refractivity contribution is 6.05. The number of fused-ring (bicyclic) bond motifs is 1. The Hall–Kier alpha value is -1.88. The maximum atomic E-state index is 12.3. The number of nitrogens with one attached hydrogen (secondary N) is 2. The van der Waals surface area contributed by atoms with Crippen molar-refractivity contribution in [2.75, 3.05) is 26.2 Å². The standard InChI is InChI=1S/C17H24N4O/c1-13-6-10-21(11-7-13)9-3-8-18-17(22)15-5-2-4-14-12-19-20-16(14)15/h2,4-5,12-13H,3,6-11H2,1H3,(H,18,22)(H,19,20). The van der Waals surface area contributed by atoms with E-state index in [-0.39, 0.29) is 5.91 Å². The van der Waals surface area contributed by atoms with Crippen LogP contribution in [-0.2, 0) is 0 Å². The number of aromatic amines is 1. The number of likely N-dealkylation sites (tertiary alicyclic amines) is 1. The number of aromatic nitrogens is 2. The average Bonchev–Trinajstić information content (AvgIpc) is 3.01. The largest absolute Gasteiger partial charge is 0.352 e. The minimum absolute atomic E-state index is 0.0258. The zero-order chi connectivity index (χ0) is 15.4. The first-order valence-electron chi connectivity index (χ1n) is 8.16. The maximum Gasteiger partial charge on any atom is 0.253 e. The van der Waals surface area contributed by atoms with Crippen LogP contribution in [0.1, 0.15) is 36.5 Å². The Kier molecular flexibility index (Phi) is 4.73. The van der Waals surface area contributed by atoms with Gasteiger partial charge >= 0.3 is 0 Å². The number of nitrogens with zero attached hydrogens (tertiary/aromatic N) is 2. The molecule has 1 saturated heterocycles. The number of para-hydroxylation sites is 1. The Bertz CT molecular complexity index is 628. The van der Waals surface area contributed by atoms with Crippen molar-refractivity contribution in [2.24, 2.45) is 5.92 Å². The third-order valence-electron chi connectivity index (χ3n) is 4.53. The highest BCUT2D eigenvalue weighted by Crippen LogP contribution is 2.16. The molecule has 0 spiro atoms. The van der Waals surface area contributed by atoms with E-state index in [0.29, 0.717) is 5.56 Å². The first kappa shape index (κ1) is 15.0. The predicted molar refractivity (Wildman–Crippen MR) is 87.9 cm³/mol. The molecule has 0 bridgehead atoms. The van der Waals surface area contributed by atoms with Crippen LogP contribution in [0.5, 0.6) is 0 Å². The number of hydrogen-bond donors (Lipinski definition) is 2. The van der Waals surface area contributed by atoms with Crippen LogP contribution in [0.4, 0.5) is 0 Å². The lowest BCUT2D eigenvalue weighted by molar-refractivity contribution is 0.0952. The molecule has 0 saturated carbocycles. The summed E-state index contributed by atoms with van der Waals surface area (Å²) < 4.78 is 0. The smallest absolute Gasteiger partial charge is 0.253 e. The van der Waals surface area contributed by atoms with Crippen LogP contribution < -0.4 is 5.32 Å². The van der Waals surface area contributed by atoms with E-state index in [1.807, 2.05) is 18.2 Å². The van der Waals surface area contributed by atoms with Crippen LogP contribution in [0, 0.1) is 5.92 Å². The molecule has 0 aliphatic carbocycles.